The predicted octanol–water partition coefficient (Wildman–Crippen LogP) is 1.95. The number of carbonyl (C=O) groups excluding carboxylic acids is 2. The van der Waals surface area contributed by atoms with Gasteiger partial charge >= 0.3 is 0 Å². The molecular weight excluding hydrogens is 216 g/mol. The van der Waals surface area contributed by atoms with Gasteiger partial charge in [-0.3, -0.25) is 9.59 Å². The number of benzene rings is 1. The Kier molecular flexibility index (Phi) is 7.10. The molecule has 0 aliphatic rings. The highest BCUT2D eigenvalue weighted by molar-refractivity contribution is 6.02. The molecule has 0 atom stereocenters. The maximum Gasteiger partial charge on any atom is 0.250 e. The van der Waals surface area contributed by atoms with Crippen LogP contribution >= 0.6 is 0 Å². The Hall–Kier alpha value is -2.10. The van der Waals surface area contributed by atoms with Gasteiger partial charge in [-0.25, -0.2) is 0 Å². The van der Waals surface area contributed by atoms with E-state index in [2.05, 4.69) is 17.2 Å². The Balaban J connectivity index is 0.000000437. The van der Waals surface area contributed by atoms with Crippen LogP contribution in [0, 0.1) is 0 Å². The van der Waals surface area contributed by atoms with Crippen molar-refractivity contribution >= 4 is 17.5 Å². The van der Waals surface area contributed by atoms with Gasteiger partial charge in [0.15, 0.2) is 0 Å². The van der Waals surface area contributed by atoms with E-state index in [1.165, 1.54) is 6.92 Å². The summed E-state index contributed by atoms with van der Waals surface area (Å²) in [5.41, 5.74) is 1.31. The lowest BCUT2D eigenvalue weighted by Gasteiger charge is -2.02. The van der Waals surface area contributed by atoms with Crippen LogP contribution in [0.4, 0.5) is 5.69 Å². The molecule has 17 heavy (non-hydrogen) atoms. The molecule has 0 aromatic heterocycles. The third kappa shape index (κ3) is 7.79. The van der Waals surface area contributed by atoms with Crippen molar-refractivity contribution in [2.24, 2.45) is 0 Å². The van der Waals surface area contributed by atoms with Gasteiger partial charge in [-0.1, -0.05) is 24.8 Å². The molecule has 92 valence electrons. The van der Waals surface area contributed by atoms with Gasteiger partial charge in [0.05, 0.1) is 0 Å². The van der Waals surface area contributed by atoms with Crippen LogP contribution in [0.15, 0.2) is 42.5 Å². The maximum atomic E-state index is 11.1. The lowest BCUT2D eigenvalue weighted by molar-refractivity contribution is -0.118. The van der Waals surface area contributed by atoms with Crippen LogP contribution in [0.1, 0.15) is 13.8 Å². The monoisotopic (exact) mass is 234 g/mol. The molecule has 0 heterocycles. The molecule has 4 heteroatoms. The first-order valence-electron chi connectivity index (χ1n) is 5.17. The Labute approximate surface area is 102 Å². The van der Waals surface area contributed by atoms with Crippen LogP contribution in [0.3, 0.4) is 0 Å². The third-order valence-corrected chi connectivity index (χ3v) is 1.77. The Morgan fingerprint density at radius 1 is 1.12 bits per heavy atom. The first-order valence-corrected chi connectivity index (χ1v) is 5.17. The maximum absolute atomic E-state index is 11.1. The van der Waals surface area contributed by atoms with Crippen molar-refractivity contribution in [3.05, 3.63) is 42.5 Å². The number of carbonyl (C=O) groups is 2. The summed E-state index contributed by atoms with van der Waals surface area (Å²) in [6.07, 6.45) is 0. The van der Waals surface area contributed by atoms with Crippen LogP contribution < -0.4 is 10.6 Å². The van der Waals surface area contributed by atoms with Gasteiger partial charge in [0.2, 0.25) is 5.91 Å². The fourth-order valence-electron chi connectivity index (χ4n) is 0.759. The average molecular weight is 234 g/mol. The lowest BCUT2D eigenvalue weighted by Crippen LogP contribution is -2.11. The van der Waals surface area contributed by atoms with Gasteiger partial charge in [0.25, 0.3) is 5.91 Å². The highest BCUT2D eigenvalue weighted by Crippen LogP contribution is 2.05. The van der Waals surface area contributed by atoms with E-state index in [-0.39, 0.29) is 11.8 Å². The van der Waals surface area contributed by atoms with Crippen molar-refractivity contribution < 1.29 is 9.59 Å². The molecular formula is C13H18N2O2. The van der Waals surface area contributed by atoms with E-state index < -0.39 is 0 Å². The molecule has 0 aliphatic heterocycles. The van der Waals surface area contributed by atoms with Gasteiger partial charge in [-0.05, 0) is 19.1 Å². The zero-order valence-corrected chi connectivity index (χ0v) is 10.4. The Bertz CT molecular complexity index is 386. The molecule has 0 aliphatic carbocycles. The zero-order valence-electron chi connectivity index (χ0n) is 10.4. The Morgan fingerprint density at radius 2 is 1.59 bits per heavy atom. The smallest absolute Gasteiger partial charge is 0.250 e. The zero-order chi connectivity index (χ0) is 13.3. The van der Waals surface area contributed by atoms with Gasteiger partial charge in [0, 0.05) is 25.2 Å². The number of nitrogens with one attached hydrogen (secondary N) is 2. The van der Waals surface area contributed by atoms with Crippen LogP contribution in [0.25, 0.3) is 0 Å². The van der Waals surface area contributed by atoms with Crippen molar-refractivity contribution in [1.29, 1.82) is 0 Å². The molecule has 1 aromatic rings. The summed E-state index contributed by atoms with van der Waals surface area (Å²) in [4.78, 5) is 20.8. The van der Waals surface area contributed by atoms with E-state index in [1.54, 1.807) is 14.0 Å². The molecule has 0 bridgehead atoms. The summed E-state index contributed by atoms with van der Waals surface area (Å²) in [7, 11) is 1.60. The van der Waals surface area contributed by atoms with Crippen molar-refractivity contribution in [3.63, 3.8) is 0 Å². The van der Waals surface area contributed by atoms with Crippen LogP contribution in [0.2, 0.25) is 0 Å². The largest absolute Gasteiger partial charge is 0.359 e. The van der Waals surface area contributed by atoms with Crippen molar-refractivity contribution in [2.45, 2.75) is 13.8 Å². The quantitative estimate of drug-likeness (QED) is 0.768. The summed E-state index contributed by atoms with van der Waals surface area (Å²) >= 11 is 0. The predicted molar refractivity (Wildman–Crippen MR) is 69.6 cm³/mol. The number of rotatable bonds is 2. The fraction of sp³-hybridized carbons (Fsp3) is 0.231. The summed E-state index contributed by atoms with van der Waals surface area (Å²) in [6.45, 7) is 6.69. The van der Waals surface area contributed by atoms with Gasteiger partial charge < -0.3 is 10.6 Å². The highest BCUT2D eigenvalue weighted by Gasteiger charge is 2.00. The normalized spacial score (nSPS) is 8.41. The Morgan fingerprint density at radius 3 is 1.94 bits per heavy atom. The molecule has 2 N–H and O–H groups in total. The standard InChI is InChI=1S/C10H11NO.C3H7NO/c1-8(2)10(12)11-9-6-4-3-5-7-9;1-3(5)4-2/h3-7H,1H2,2H3,(H,11,12);1-2H3,(H,4,5). The number of hydrogen-bond donors (Lipinski definition) is 2. The first-order chi connectivity index (χ1) is 7.97. The SMILES string of the molecule is C=C(C)C(=O)Nc1ccccc1.CNC(C)=O. The molecule has 4 nitrogen and oxygen atoms in total. The van der Waals surface area contributed by atoms with Gasteiger partial charge in [-0.2, -0.15) is 0 Å². The van der Waals surface area contributed by atoms with Crippen molar-refractivity contribution in [3.8, 4) is 0 Å². The van der Waals surface area contributed by atoms with Crippen LogP contribution in [0.5, 0.6) is 0 Å². The molecule has 2 amide bonds. The average Bonchev–Trinajstić information content (AvgIpc) is 2.31. The van der Waals surface area contributed by atoms with E-state index >= 15 is 0 Å². The van der Waals surface area contributed by atoms with Crippen molar-refractivity contribution in [1.82, 2.24) is 5.32 Å². The number of hydrogen-bond acceptors (Lipinski definition) is 2. The second-order valence-electron chi connectivity index (χ2n) is 3.41. The molecule has 0 saturated heterocycles. The fourth-order valence-corrected chi connectivity index (χ4v) is 0.759. The first kappa shape index (κ1) is 14.9. The molecule has 0 radical (unpaired) electrons. The van der Waals surface area contributed by atoms with Gasteiger partial charge in [0.1, 0.15) is 0 Å². The topological polar surface area (TPSA) is 58.2 Å². The second kappa shape index (κ2) is 8.10. The molecule has 0 unspecified atom stereocenters. The minimum atomic E-state index is -0.138. The minimum absolute atomic E-state index is 0.00463. The molecule has 0 saturated carbocycles. The highest BCUT2D eigenvalue weighted by atomic mass is 16.2. The number of para-hydroxylation sites is 1. The molecule has 1 rings (SSSR count). The van der Waals surface area contributed by atoms with E-state index in [9.17, 15) is 9.59 Å². The van der Waals surface area contributed by atoms with Gasteiger partial charge in [-0.15, -0.1) is 0 Å². The van der Waals surface area contributed by atoms with E-state index in [4.69, 9.17) is 0 Å². The third-order valence-electron chi connectivity index (χ3n) is 1.77. The lowest BCUT2D eigenvalue weighted by atomic mass is 10.3. The summed E-state index contributed by atoms with van der Waals surface area (Å²) in [5, 5.41) is 5.09. The summed E-state index contributed by atoms with van der Waals surface area (Å²) in [6, 6.07) is 9.31. The summed E-state index contributed by atoms with van der Waals surface area (Å²) < 4.78 is 0. The van der Waals surface area contributed by atoms with E-state index in [1.807, 2.05) is 30.3 Å². The molecule has 0 spiro atoms. The number of amides is 2. The van der Waals surface area contributed by atoms with Crippen LogP contribution in [-0.2, 0) is 9.59 Å². The molecule has 0 fully saturated rings. The number of anilines is 1. The van der Waals surface area contributed by atoms with Crippen molar-refractivity contribution in [2.75, 3.05) is 12.4 Å². The second-order valence-corrected chi connectivity index (χ2v) is 3.41. The summed E-state index contributed by atoms with van der Waals surface area (Å²) in [5.74, 6) is -0.133. The minimum Gasteiger partial charge on any atom is -0.359 e. The van der Waals surface area contributed by atoms with E-state index in [0.29, 0.717) is 5.57 Å². The van der Waals surface area contributed by atoms with Crippen LogP contribution in [-0.4, -0.2) is 18.9 Å². The van der Waals surface area contributed by atoms with E-state index in [0.717, 1.165) is 5.69 Å². The molecule has 1 aromatic carbocycles.